The number of phenolic OH excluding ortho intramolecular Hbond substituents is 1. The zero-order chi connectivity index (χ0) is 15.4. The fourth-order valence-corrected chi connectivity index (χ4v) is 2.68. The van der Waals surface area contributed by atoms with Crippen LogP contribution in [0, 0.1) is 0 Å². The van der Waals surface area contributed by atoms with Crippen LogP contribution in [0.3, 0.4) is 0 Å². The molecule has 0 amide bonds. The number of phenols is 1. The molecule has 0 aliphatic carbocycles. The summed E-state index contributed by atoms with van der Waals surface area (Å²) < 4.78 is 11.2. The highest BCUT2D eigenvalue weighted by Crippen LogP contribution is 2.36. The molecule has 0 fully saturated rings. The molecule has 0 aliphatic heterocycles. The summed E-state index contributed by atoms with van der Waals surface area (Å²) in [5, 5.41) is 19.7. The van der Waals surface area contributed by atoms with Crippen LogP contribution >= 0.6 is 15.9 Å². The average molecular weight is 353 g/mol. The molecule has 2 rings (SSSR count). The average Bonchev–Trinajstić information content (AvgIpc) is 2.49. The summed E-state index contributed by atoms with van der Waals surface area (Å²) in [6.45, 7) is 0. The Morgan fingerprint density at radius 2 is 1.62 bits per heavy atom. The number of aliphatic hydroxyl groups excluding tert-OH is 1. The number of ether oxygens (including phenoxy) is 2. The third kappa shape index (κ3) is 3.68. The van der Waals surface area contributed by atoms with Gasteiger partial charge in [0, 0.05) is 10.9 Å². The maximum Gasteiger partial charge on any atom is 0.161 e. The van der Waals surface area contributed by atoms with E-state index in [1.807, 2.05) is 0 Å². The van der Waals surface area contributed by atoms with Crippen LogP contribution in [-0.2, 0) is 6.42 Å². The van der Waals surface area contributed by atoms with E-state index in [2.05, 4.69) is 15.9 Å². The Balaban J connectivity index is 2.26. The first-order chi connectivity index (χ1) is 10.0. The summed E-state index contributed by atoms with van der Waals surface area (Å²) >= 11 is 3.44. The van der Waals surface area contributed by atoms with Crippen LogP contribution in [0.1, 0.15) is 17.2 Å². The lowest BCUT2D eigenvalue weighted by Gasteiger charge is -2.16. The van der Waals surface area contributed by atoms with Crippen molar-refractivity contribution >= 4 is 15.9 Å². The first-order valence-electron chi connectivity index (χ1n) is 6.42. The highest BCUT2D eigenvalue weighted by molar-refractivity contribution is 9.10. The largest absolute Gasteiger partial charge is 0.508 e. The minimum absolute atomic E-state index is 0.209. The van der Waals surface area contributed by atoms with Gasteiger partial charge >= 0.3 is 0 Å². The van der Waals surface area contributed by atoms with Crippen molar-refractivity contribution in [2.24, 2.45) is 0 Å². The summed E-state index contributed by atoms with van der Waals surface area (Å²) in [6, 6.07) is 10.3. The monoisotopic (exact) mass is 352 g/mol. The van der Waals surface area contributed by atoms with Gasteiger partial charge in [-0.05, 0) is 35.4 Å². The van der Waals surface area contributed by atoms with Crippen LogP contribution in [0.2, 0.25) is 0 Å². The minimum atomic E-state index is -0.691. The predicted molar refractivity (Wildman–Crippen MR) is 84.0 cm³/mol. The maximum atomic E-state index is 10.4. The van der Waals surface area contributed by atoms with Gasteiger partial charge in [-0.3, -0.25) is 0 Å². The Morgan fingerprint density at radius 3 is 2.19 bits per heavy atom. The Morgan fingerprint density at radius 1 is 1.05 bits per heavy atom. The number of aromatic hydroxyl groups is 1. The molecule has 0 saturated carbocycles. The van der Waals surface area contributed by atoms with Gasteiger partial charge in [0.05, 0.1) is 20.3 Å². The second-order valence-electron chi connectivity index (χ2n) is 4.62. The zero-order valence-corrected chi connectivity index (χ0v) is 13.4. The molecule has 1 unspecified atom stereocenters. The van der Waals surface area contributed by atoms with Crippen molar-refractivity contribution in [3.05, 3.63) is 52.0 Å². The number of hydrogen-bond acceptors (Lipinski definition) is 4. The predicted octanol–water partition coefficient (Wildman–Crippen LogP) is 3.45. The van der Waals surface area contributed by atoms with E-state index < -0.39 is 6.10 Å². The van der Waals surface area contributed by atoms with Crippen LogP contribution < -0.4 is 9.47 Å². The normalized spacial score (nSPS) is 12.0. The van der Waals surface area contributed by atoms with Crippen LogP contribution in [0.4, 0.5) is 0 Å². The third-order valence-corrected chi connectivity index (χ3v) is 3.91. The van der Waals surface area contributed by atoms with Gasteiger partial charge in [0.15, 0.2) is 11.5 Å². The Labute approximate surface area is 132 Å². The minimum Gasteiger partial charge on any atom is -0.508 e. The number of benzene rings is 2. The van der Waals surface area contributed by atoms with Crippen molar-refractivity contribution in [3.8, 4) is 17.2 Å². The number of hydrogen-bond donors (Lipinski definition) is 2. The lowest BCUT2D eigenvalue weighted by molar-refractivity contribution is 0.177. The van der Waals surface area contributed by atoms with Gasteiger partial charge < -0.3 is 19.7 Å². The zero-order valence-electron chi connectivity index (χ0n) is 11.8. The standard InChI is InChI=1S/C16H17BrO4/c1-20-15-8-12(13(17)9-16(15)21-2)14(19)7-10-3-5-11(18)6-4-10/h3-6,8-9,14,18-19H,7H2,1-2H3. The van der Waals surface area contributed by atoms with E-state index >= 15 is 0 Å². The molecule has 5 heteroatoms. The Hall–Kier alpha value is -1.72. The van der Waals surface area contributed by atoms with Crippen molar-refractivity contribution in [1.82, 2.24) is 0 Å². The molecular weight excluding hydrogens is 336 g/mol. The van der Waals surface area contributed by atoms with Gasteiger partial charge in [-0.15, -0.1) is 0 Å². The first-order valence-corrected chi connectivity index (χ1v) is 7.22. The van der Waals surface area contributed by atoms with Crippen molar-refractivity contribution in [2.75, 3.05) is 14.2 Å². The Bertz CT molecular complexity index is 610. The van der Waals surface area contributed by atoms with E-state index in [0.717, 1.165) is 15.6 Å². The lowest BCUT2D eigenvalue weighted by atomic mass is 10.0. The van der Waals surface area contributed by atoms with Crippen LogP contribution in [0.15, 0.2) is 40.9 Å². The van der Waals surface area contributed by atoms with Gasteiger partial charge in [0.2, 0.25) is 0 Å². The molecule has 4 nitrogen and oxygen atoms in total. The second kappa shape index (κ2) is 6.83. The van der Waals surface area contributed by atoms with Crippen LogP contribution in [0.5, 0.6) is 17.2 Å². The van der Waals surface area contributed by atoms with E-state index in [1.54, 1.807) is 50.6 Å². The van der Waals surface area contributed by atoms with Crippen molar-refractivity contribution in [2.45, 2.75) is 12.5 Å². The van der Waals surface area contributed by atoms with E-state index in [9.17, 15) is 10.2 Å². The molecule has 0 heterocycles. The lowest BCUT2D eigenvalue weighted by Crippen LogP contribution is -2.04. The molecule has 0 radical (unpaired) electrons. The summed E-state index contributed by atoms with van der Waals surface area (Å²) in [5.41, 5.74) is 1.66. The topological polar surface area (TPSA) is 58.9 Å². The van der Waals surface area contributed by atoms with Crippen LogP contribution in [0.25, 0.3) is 0 Å². The molecule has 0 saturated heterocycles. The first kappa shape index (κ1) is 15.7. The van der Waals surface area contributed by atoms with Gasteiger partial charge in [-0.1, -0.05) is 28.1 Å². The third-order valence-electron chi connectivity index (χ3n) is 3.23. The molecule has 21 heavy (non-hydrogen) atoms. The summed E-state index contributed by atoms with van der Waals surface area (Å²) in [4.78, 5) is 0. The van der Waals surface area contributed by atoms with Crippen molar-refractivity contribution < 1.29 is 19.7 Å². The van der Waals surface area contributed by atoms with E-state index in [4.69, 9.17) is 9.47 Å². The maximum absolute atomic E-state index is 10.4. The molecule has 2 aromatic rings. The SMILES string of the molecule is COc1cc(Br)c(C(O)Cc2ccc(O)cc2)cc1OC. The van der Waals surface area contributed by atoms with Crippen molar-refractivity contribution in [3.63, 3.8) is 0 Å². The number of rotatable bonds is 5. The molecule has 1 atom stereocenters. The number of aliphatic hydroxyl groups is 1. The van der Waals surface area contributed by atoms with Gasteiger partial charge in [0.1, 0.15) is 5.75 Å². The molecule has 2 N–H and O–H groups in total. The fraction of sp³-hybridized carbons (Fsp3) is 0.250. The molecule has 0 aromatic heterocycles. The quantitative estimate of drug-likeness (QED) is 0.865. The van der Waals surface area contributed by atoms with E-state index in [1.165, 1.54) is 0 Å². The summed E-state index contributed by atoms with van der Waals surface area (Å²) in [5.74, 6) is 1.38. The molecule has 0 spiro atoms. The molecule has 0 bridgehead atoms. The highest BCUT2D eigenvalue weighted by Gasteiger charge is 2.16. The second-order valence-corrected chi connectivity index (χ2v) is 5.47. The van der Waals surface area contributed by atoms with Gasteiger partial charge in [-0.25, -0.2) is 0 Å². The smallest absolute Gasteiger partial charge is 0.161 e. The fourth-order valence-electron chi connectivity index (χ4n) is 2.09. The Kier molecular flexibility index (Phi) is 5.09. The summed E-state index contributed by atoms with van der Waals surface area (Å²) in [6.07, 6.45) is -0.252. The van der Waals surface area contributed by atoms with E-state index in [-0.39, 0.29) is 5.75 Å². The van der Waals surface area contributed by atoms with Crippen LogP contribution in [-0.4, -0.2) is 24.4 Å². The molecule has 112 valence electrons. The molecule has 0 aliphatic rings. The summed E-state index contributed by atoms with van der Waals surface area (Å²) in [7, 11) is 3.12. The molecule has 2 aromatic carbocycles. The van der Waals surface area contributed by atoms with Gasteiger partial charge in [-0.2, -0.15) is 0 Å². The van der Waals surface area contributed by atoms with E-state index in [0.29, 0.717) is 17.9 Å². The number of methoxy groups -OCH3 is 2. The van der Waals surface area contributed by atoms with Crippen molar-refractivity contribution in [1.29, 1.82) is 0 Å². The molecular formula is C16H17BrO4. The van der Waals surface area contributed by atoms with Gasteiger partial charge in [0.25, 0.3) is 0 Å². The highest BCUT2D eigenvalue weighted by atomic mass is 79.9. The number of halogens is 1.